The normalized spacial score (nSPS) is 11.8. The van der Waals surface area contributed by atoms with E-state index >= 15 is 0 Å². The van der Waals surface area contributed by atoms with Gasteiger partial charge in [-0.25, -0.2) is 31.9 Å². The second kappa shape index (κ2) is 8.56. The van der Waals surface area contributed by atoms with Gasteiger partial charge >= 0.3 is 0 Å². The van der Waals surface area contributed by atoms with Crippen molar-refractivity contribution >= 4 is 48.8 Å². The minimum atomic E-state index is -3.98. The van der Waals surface area contributed by atoms with Gasteiger partial charge in [-0.2, -0.15) is 0 Å². The molecule has 2 aromatic carbocycles. The summed E-state index contributed by atoms with van der Waals surface area (Å²) in [7, 11) is -7.57. The highest BCUT2D eigenvalue weighted by Crippen LogP contribution is 2.22. The van der Waals surface area contributed by atoms with Crippen molar-refractivity contribution in [3.8, 4) is 0 Å². The lowest BCUT2D eigenvalue weighted by Crippen LogP contribution is -2.15. The summed E-state index contributed by atoms with van der Waals surface area (Å²) in [6, 6.07) is 12.3. The summed E-state index contributed by atoms with van der Waals surface area (Å²) < 4.78 is 47.4. The Hall–Kier alpha value is -2.73. The zero-order valence-electron chi connectivity index (χ0n) is 15.7. The fourth-order valence-corrected chi connectivity index (χ4v) is 4.23. The lowest BCUT2D eigenvalue weighted by molar-refractivity contribution is 0.594. The molecule has 30 heavy (non-hydrogen) atoms. The Kier molecular flexibility index (Phi) is 6.27. The van der Waals surface area contributed by atoms with Crippen LogP contribution in [0.1, 0.15) is 5.56 Å². The fraction of sp³-hybridized carbons (Fsp3) is 0.111. The number of anilines is 3. The minimum Gasteiger partial charge on any atom is -0.366 e. The first-order chi connectivity index (χ1) is 14.0. The Labute approximate surface area is 179 Å². The van der Waals surface area contributed by atoms with E-state index in [-0.39, 0.29) is 21.9 Å². The van der Waals surface area contributed by atoms with Crippen LogP contribution < -0.4 is 15.8 Å². The second-order valence-corrected chi connectivity index (χ2v) is 10.3. The Morgan fingerprint density at radius 2 is 1.63 bits per heavy atom. The monoisotopic (exact) mass is 467 g/mol. The third-order valence-electron chi connectivity index (χ3n) is 4.00. The van der Waals surface area contributed by atoms with Crippen molar-refractivity contribution in [1.29, 1.82) is 0 Å². The number of rotatable bonds is 7. The number of benzene rings is 2. The van der Waals surface area contributed by atoms with E-state index in [4.69, 9.17) is 16.7 Å². The van der Waals surface area contributed by atoms with Gasteiger partial charge in [0.25, 0.3) is 0 Å². The topological polar surface area (TPSA) is 144 Å². The van der Waals surface area contributed by atoms with Crippen LogP contribution in [0.25, 0.3) is 0 Å². The molecule has 158 valence electrons. The zero-order valence-corrected chi connectivity index (χ0v) is 18.1. The van der Waals surface area contributed by atoms with Crippen LogP contribution in [0.2, 0.25) is 5.02 Å². The number of nitrogens with zero attached hydrogens (tertiary/aromatic N) is 2. The van der Waals surface area contributed by atoms with Crippen molar-refractivity contribution in [3.05, 3.63) is 65.4 Å². The van der Waals surface area contributed by atoms with Gasteiger partial charge in [-0.1, -0.05) is 11.6 Å². The van der Waals surface area contributed by atoms with Gasteiger partial charge in [0.15, 0.2) is 9.84 Å². The van der Waals surface area contributed by atoms with Crippen LogP contribution in [-0.4, -0.2) is 33.1 Å². The van der Waals surface area contributed by atoms with Crippen molar-refractivity contribution in [2.24, 2.45) is 5.14 Å². The molecule has 0 atom stereocenters. The summed E-state index contributed by atoms with van der Waals surface area (Å²) in [6.45, 7) is 0.00314. The molecule has 0 saturated carbocycles. The summed E-state index contributed by atoms with van der Waals surface area (Å²) in [4.78, 5) is 8.04. The minimum absolute atomic E-state index is 0.00314. The average Bonchev–Trinajstić information content (AvgIpc) is 2.67. The maximum Gasteiger partial charge on any atom is 0.238 e. The van der Waals surface area contributed by atoms with E-state index in [0.29, 0.717) is 16.7 Å². The maximum absolute atomic E-state index is 12.1. The van der Waals surface area contributed by atoms with Gasteiger partial charge in [0, 0.05) is 29.6 Å². The standard InChI is InChI=1S/C18H18ClN5O4S2/c1-29(25,26)16-7-6-15(30(20,27)28)8-12(16)10-21-17-9-18(23-11-22-17)24-14-4-2-13(19)3-5-14/h2-9,11H,10H2,1H3,(H2,20,27,28)(H2,21,22,23,24). The Morgan fingerprint density at radius 3 is 2.27 bits per heavy atom. The highest BCUT2D eigenvalue weighted by atomic mass is 35.5. The molecule has 0 aliphatic carbocycles. The molecule has 0 aliphatic rings. The highest BCUT2D eigenvalue weighted by molar-refractivity contribution is 7.90. The number of sulfonamides is 1. The predicted octanol–water partition coefficient (Wildman–Crippen LogP) is 2.54. The van der Waals surface area contributed by atoms with Crippen molar-refractivity contribution in [1.82, 2.24) is 9.97 Å². The van der Waals surface area contributed by atoms with Crippen molar-refractivity contribution in [3.63, 3.8) is 0 Å². The van der Waals surface area contributed by atoms with Gasteiger partial charge in [0.1, 0.15) is 18.0 Å². The van der Waals surface area contributed by atoms with Crippen LogP contribution >= 0.6 is 11.6 Å². The molecule has 0 unspecified atom stereocenters. The lowest BCUT2D eigenvalue weighted by Gasteiger charge is -2.12. The van der Waals surface area contributed by atoms with Gasteiger partial charge in [-0.15, -0.1) is 0 Å². The molecule has 0 radical (unpaired) electrons. The number of hydrogen-bond donors (Lipinski definition) is 3. The summed E-state index contributed by atoms with van der Waals surface area (Å²) in [5.74, 6) is 0.901. The predicted molar refractivity (Wildman–Crippen MR) is 115 cm³/mol. The summed E-state index contributed by atoms with van der Waals surface area (Å²) in [5.41, 5.74) is 1.01. The van der Waals surface area contributed by atoms with Gasteiger partial charge in [0.05, 0.1) is 9.79 Å². The fourth-order valence-electron chi connectivity index (χ4n) is 2.62. The molecule has 1 aromatic heterocycles. The van der Waals surface area contributed by atoms with Crippen LogP contribution in [0.4, 0.5) is 17.3 Å². The quantitative estimate of drug-likeness (QED) is 0.480. The van der Waals surface area contributed by atoms with Gasteiger partial charge in [-0.05, 0) is 48.0 Å². The molecular formula is C18H18ClN5O4S2. The molecule has 3 aromatic rings. The summed E-state index contributed by atoms with van der Waals surface area (Å²) >= 11 is 5.87. The molecule has 0 saturated heterocycles. The molecule has 0 fully saturated rings. The van der Waals surface area contributed by atoms with Crippen molar-refractivity contribution < 1.29 is 16.8 Å². The third kappa shape index (κ3) is 5.66. The van der Waals surface area contributed by atoms with E-state index in [1.807, 2.05) is 0 Å². The van der Waals surface area contributed by atoms with Crippen LogP contribution in [0, 0.1) is 0 Å². The first-order valence-corrected chi connectivity index (χ1v) is 12.3. The van der Waals surface area contributed by atoms with Crippen LogP contribution in [0.15, 0.2) is 64.6 Å². The molecule has 1 heterocycles. The Bertz CT molecular complexity index is 1280. The first-order valence-electron chi connectivity index (χ1n) is 8.47. The molecular weight excluding hydrogens is 450 g/mol. The zero-order chi connectivity index (χ0) is 21.9. The molecule has 12 heteroatoms. The van der Waals surface area contributed by atoms with E-state index in [1.165, 1.54) is 18.5 Å². The van der Waals surface area contributed by atoms with Crippen LogP contribution in [-0.2, 0) is 26.4 Å². The number of nitrogens with one attached hydrogen (secondary N) is 2. The number of hydrogen-bond acceptors (Lipinski definition) is 8. The molecule has 0 aliphatic heterocycles. The smallest absolute Gasteiger partial charge is 0.238 e. The second-order valence-electron chi connectivity index (χ2n) is 6.36. The molecule has 0 bridgehead atoms. The number of primary sulfonamides is 1. The van der Waals surface area contributed by atoms with E-state index < -0.39 is 19.9 Å². The summed E-state index contributed by atoms with van der Waals surface area (Å²) in [6.07, 6.45) is 2.38. The molecule has 4 N–H and O–H groups in total. The van der Waals surface area contributed by atoms with E-state index in [0.717, 1.165) is 18.0 Å². The largest absolute Gasteiger partial charge is 0.366 e. The highest BCUT2D eigenvalue weighted by Gasteiger charge is 2.17. The molecule has 0 spiro atoms. The number of sulfone groups is 1. The SMILES string of the molecule is CS(=O)(=O)c1ccc(S(N)(=O)=O)cc1CNc1cc(Nc2ccc(Cl)cc2)ncn1. The first kappa shape index (κ1) is 22.0. The van der Waals surface area contributed by atoms with E-state index in [1.54, 1.807) is 30.3 Å². The van der Waals surface area contributed by atoms with Crippen molar-refractivity contribution in [2.75, 3.05) is 16.9 Å². The average molecular weight is 468 g/mol. The Balaban J connectivity index is 1.83. The third-order valence-corrected chi connectivity index (χ3v) is 6.36. The lowest BCUT2D eigenvalue weighted by atomic mass is 10.2. The Morgan fingerprint density at radius 1 is 0.967 bits per heavy atom. The van der Waals surface area contributed by atoms with Gasteiger partial charge < -0.3 is 10.6 Å². The van der Waals surface area contributed by atoms with Gasteiger partial charge in [-0.3, -0.25) is 0 Å². The molecule has 0 amide bonds. The number of nitrogens with two attached hydrogens (primary N) is 1. The van der Waals surface area contributed by atoms with E-state index in [9.17, 15) is 16.8 Å². The van der Waals surface area contributed by atoms with Crippen molar-refractivity contribution in [2.45, 2.75) is 16.3 Å². The van der Waals surface area contributed by atoms with Crippen LogP contribution in [0.3, 0.4) is 0 Å². The summed E-state index contributed by atoms with van der Waals surface area (Å²) in [5, 5.41) is 11.8. The molecule has 3 rings (SSSR count). The van der Waals surface area contributed by atoms with Gasteiger partial charge in [0.2, 0.25) is 10.0 Å². The van der Waals surface area contributed by atoms with Crippen LogP contribution in [0.5, 0.6) is 0 Å². The number of halogens is 1. The number of aromatic nitrogens is 2. The maximum atomic E-state index is 12.1. The molecule has 9 nitrogen and oxygen atoms in total. The van der Waals surface area contributed by atoms with E-state index in [2.05, 4.69) is 20.6 Å².